The van der Waals surface area contributed by atoms with E-state index in [1.807, 2.05) is 31.2 Å². The zero-order valence-corrected chi connectivity index (χ0v) is 11.4. The molecule has 1 aromatic rings. The molecule has 1 heterocycles. The van der Waals surface area contributed by atoms with Crippen molar-refractivity contribution in [1.82, 2.24) is 0 Å². The van der Waals surface area contributed by atoms with Crippen LogP contribution in [0.5, 0.6) is 0 Å². The van der Waals surface area contributed by atoms with Crippen LogP contribution in [0.1, 0.15) is 31.2 Å². The van der Waals surface area contributed by atoms with Crippen molar-refractivity contribution in [2.45, 2.75) is 31.8 Å². The standard InChI is InChI=1S/C15H20N2O2/c1-3-11(8-9-16-2)19-15(18)13-10-17-14-7-5-4-6-12(13)14/h4-7,9,11,13,17H,3,8,10H2,1-2H3. The summed E-state index contributed by atoms with van der Waals surface area (Å²) < 4.78 is 5.57. The Hall–Kier alpha value is -1.84. The van der Waals surface area contributed by atoms with Crippen molar-refractivity contribution < 1.29 is 9.53 Å². The minimum Gasteiger partial charge on any atom is -0.461 e. The van der Waals surface area contributed by atoms with E-state index >= 15 is 0 Å². The van der Waals surface area contributed by atoms with Crippen molar-refractivity contribution in [3.8, 4) is 0 Å². The van der Waals surface area contributed by atoms with Gasteiger partial charge in [0.05, 0.1) is 0 Å². The molecule has 0 radical (unpaired) electrons. The van der Waals surface area contributed by atoms with Crippen LogP contribution >= 0.6 is 0 Å². The molecule has 0 aliphatic carbocycles. The summed E-state index contributed by atoms with van der Waals surface area (Å²) >= 11 is 0. The first-order chi connectivity index (χ1) is 9.26. The lowest BCUT2D eigenvalue weighted by Gasteiger charge is -2.17. The number of para-hydroxylation sites is 1. The molecule has 4 heteroatoms. The number of fused-ring (bicyclic) bond motifs is 1. The highest BCUT2D eigenvalue weighted by Gasteiger charge is 2.30. The smallest absolute Gasteiger partial charge is 0.315 e. The maximum Gasteiger partial charge on any atom is 0.315 e. The summed E-state index contributed by atoms with van der Waals surface area (Å²) in [5.74, 6) is -0.336. The Morgan fingerprint density at radius 3 is 3.11 bits per heavy atom. The molecule has 1 aliphatic heterocycles. The molecule has 102 valence electrons. The molecule has 1 aliphatic rings. The van der Waals surface area contributed by atoms with E-state index in [0.717, 1.165) is 17.7 Å². The zero-order chi connectivity index (χ0) is 13.7. The Morgan fingerprint density at radius 1 is 1.58 bits per heavy atom. The lowest BCUT2D eigenvalue weighted by atomic mass is 10.0. The van der Waals surface area contributed by atoms with Crippen molar-refractivity contribution in [2.24, 2.45) is 4.99 Å². The molecule has 2 rings (SSSR count). The lowest BCUT2D eigenvalue weighted by molar-refractivity contribution is -0.150. The normalized spacial score (nSPS) is 18.9. The van der Waals surface area contributed by atoms with Crippen LogP contribution in [-0.4, -0.2) is 31.9 Å². The van der Waals surface area contributed by atoms with Crippen LogP contribution in [-0.2, 0) is 9.53 Å². The number of aliphatic imine (C=N–C) groups is 1. The van der Waals surface area contributed by atoms with E-state index in [9.17, 15) is 4.79 Å². The van der Waals surface area contributed by atoms with Gasteiger partial charge in [-0.2, -0.15) is 0 Å². The Balaban J connectivity index is 2.01. The molecule has 0 saturated heterocycles. The van der Waals surface area contributed by atoms with E-state index in [-0.39, 0.29) is 18.0 Å². The third kappa shape index (κ3) is 3.13. The van der Waals surface area contributed by atoms with E-state index in [2.05, 4.69) is 10.3 Å². The molecular formula is C15H20N2O2. The number of esters is 1. The minimum absolute atomic E-state index is 0.0797. The average molecular weight is 260 g/mol. The van der Waals surface area contributed by atoms with E-state index < -0.39 is 0 Å². The van der Waals surface area contributed by atoms with E-state index in [1.54, 1.807) is 13.3 Å². The Kier molecular flexibility index (Phi) is 4.55. The number of ether oxygens (including phenoxy) is 1. The monoisotopic (exact) mass is 260 g/mol. The van der Waals surface area contributed by atoms with Gasteiger partial charge >= 0.3 is 5.97 Å². The first kappa shape index (κ1) is 13.6. The van der Waals surface area contributed by atoms with Gasteiger partial charge in [0.15, 0.2) is 0 Å². The maximum absolute atomic E-state index is 12.2. The molecule has 1 N–H and O–H groups in total. The van der Waals surface area contributed by atoms with Crippen molar-refractivity contribution >= 4 is 17.9 Å². The highest BCUT2D eigenvalue weighted by Crippen LogP contribution is 2.32. The Morgan fingerprint density at radius 2 is 2.37 bits per heavy atom. The van der Waals surface area contributed by atoms with Crippen LogP contribution < -0.4 is 5.32 Å². The summed E-state index contributed by atoms with van der Waals surface area (Å²) in [4.78, 5) is 16.2. The molecule has 0 fully saturated rings. The number of hydrogen-bond donors (Lipinski definition) is 1. The van der Waals surface area contributed by atoms with E-state index in [0.29, 0.717) is 13.0 Å². The summed E-state index contributed by atoms with van der Waals surface area (Å²) in [5, 5.41) is 3.24. The van der Waals surface area contributed by atoms with Crippen LogP contribution in [0.4, 0.5) is 5.69 Å². The molecule has 0 bridgehead atoms. The van der Waals surface area contributed by atoms with Gasteiger partial charge in [0.1, 0.15) is 12.0 Å². The third-order valence-electron chi connectivity index (χ3n) is 3.41. The number of rotatable bonds is 5. The molecule has 2 unspecified atom stereocenters. The molecule has 0 spiro atoms. The molecule has 0 saturated carbocycles. The molecule has 19 heavy (non-hydrogen) atoms. The highest BCUT2D eigenvalue weighted by atomic mass is 16.5. The fraction of sp³-hybridized carbons (Fsp3) is 0.467. The third-order valence-corrected chi connectivity index (χ3v) is 3.41. The second-order valence-electron chi connectivity index (χ2n) is 4.66. The average Bonchev–Trinajstić information content (AvgIpc) is 2.87. The quantitative estimate of drug-likeness (QED) is 0.654. The molecular weight excluding hydrogens is 240 g/mol. The van der Waals surface area contributed by atoms with Gasteiger partial charge in [-0.05, 0) is 18.1 Å². The van der Waals surface area contributed by atoms with Gasteiger partial charge in [-0.1, -0.05) is 25.1 Å². The largest absolute Gasteiger partial charge is 0.461 e. The predicted molar refractivity (Wildman–Crippen MR) is 76.9 cm³/mol. The topological polar surface area (TPSA) is 50.7 Å². The van der Waals surface area contributed by atoms with Crippen LogP contribution in [0.2, 0.25) is 0 Å². The maximum atomic E-state index is 12.2. The molecule has 0 amide bonds. The van der Waals surface area contributed by atoms with Gasteiger partial charge in [0.2, 0.25) is 0 Å². The fourth-order valence-corrected chi connectivity index (χ4v) is 2.26. The van der Waals surface area contributed by atoms with Crippen LogP contribution in [0.3, 0.4) is 0 Å². The number of nitrogens with zero attached hydrogens (tertiary/aromatic N) is 1. The summed E-state index contributed by atoms with van der Waals surface area (Å²) in [5.41, 5.74) is 2.07. The van der Waals surface area contributed by atoms with Gasteiger partial charge < -0.3 is 15.0 Å². The predicted octanol–water partition coefficient (Wildman–Crippen LogP) is 2.61. The van der Waals surface area contributed by atoms with Crippen molar-refractivity contribution in [1.29, 1.82) is 0 Å². The van der Waals surface area contributed by atoms with Crippen LogP contribution in [0, 0.1) is 0 Å². The zero-order valence-electron chi connectivity index (χ0n) is 11.4. The number of carbonyl (C=O) groups excluding carboxylic acids is 1. The Labute approximate surface area is 113 Å². The van der Waals surface area contributed by atoms with Crippen molar-refractivity contribution in [3.63, 3.8) is 0 Å². The molecule has 0 aromatic heterocycles. The number of nitrogens with one attached hydrogen (secondary N) is 1. The van der Waals surface area contributed by atoms with Crippen LogP contribution in [0.25, 0.3) is 0 Å². The number of hydrogen-bond acceptors (Lipinski definition) is 4. The summed E-state index contributed by atoms with van der Waals surface area (Å²) in [6, 6.07) is 7.89. The lowest BCUT2D eigenvalue weighted by Crippen LogP contribution is -2.24. The van der Waals surface area contributed by atoms with Gasteiger partial charge in [-0.3, -0.25) is 4.79 Å². The van der Waals surface area contributed by atoms with E-state index in [4.69, 9.17) is 4.74 Å². The molecule has 4 nitrogen and oxygen atoms in total. The van der Waals surface area contributed by atoms with E-state index in [1.165, 1.54) is 0 Å². The van der Waals surface area contributed by atoms with Crippen molar-refractivity contribution in [3.05, 3.63) is 29.8 Å². The highest BCUT2D eigenvalue weighted by molar-refractivity contribution is 5.84. The first-order valence-corrected chi connectivity index (χ1v) is 6.70. The van der Waals surface area contributed by atoms with Gasteiger partial charge in [0, 0.05) is 31.9 Å². The summed E-state index contributed by atoms with van der Waals surface area (Å²) in [6.07, 6.45) is 3.20. The van der Waals surface area contributed by atoms with Crippen LogP contribution in [0.15, 0.2) is 29.3 Å². The van der Waals surface area contributed by atoms with Gasteiger partial charge in [0.25, 0.3) is 0 Å². The molecule has 2 atom stereocenters. The number of benzene rings is 1. The van der Waals surface area contributed by atoms with Crippen molar-refractivity contribution in [2.75, 3.05) is 18.9 Å². The molecule has 1 aromatic carbocycles. The second kappa shape index (κ2) is 6.36. The number of anilines is 1. The first-order valence-electron chi connectivity index (χ1n) is 6.70. The summed E-state index contributed by atoms with van der Waals surface area (Å²) in [7, 11) is 1.73. The van der Waals surface area contributed by atoms with Gasteiger partial charge in [-0.15, -0.1) is 0 Å². The van der Waals surface area contributed by atoms with Gasteiger partial charge in [-0.25, -0.2) is 0 Å². The second-order valence-corrected chi connectivity index (χ2v) is 4.66. The number of carbonyl (C=O) groups is 1. The minimum atomic E-state index is -0.191. The SMILES string of the molecule is CCC(CC=NC)OC(=O)C1CNc2ccccc21. The fourth-order valence-electron chi connectivity index (χ4n) is 2.26. The summed E-state index contributed by atoms with van der Waals surface area (Å²) in [6.45, 7) is 2.64. The Bertz CT molecular complexity index is 471.